The van der Waals surface area contributed by atoms with E-state index in [1.165, 1.54) is 0 Å². The van der Waals surface area contributed by atoms with E-state index in [1.807, 2.05) is 78.5 Å². The Bertz CT molecular complexity index is 1090. The predicted octanol–water partition coefficient (Wildman–Crippen LogP) is 6.14. The van der Waals surface area contributed by atoms with Gasteiger partial charge in [-0.25, -0.2) is 0 Å². The molecule has 0 spiro atoms. The highest BCUT2D eigenvalue weighted by atomic mass is 35.5. The summed E-state index contributed by atoms with van der Waals surface area (Å²) in [7, 11) is 1.98. The van der Waals surface area contributed by atoms with Crippen LogP contribution in [-0.4, -0.2) is 14.7 Å². The molecule has 0 radical (unpaired) electrons. The van der Waals surface area contributed by atoms with Gasteiger partial charge in [0, 0.05) is 52.4 Å². The van der Waals surface area contributed by atoms with Gasteiger partial charge >= 0.3 is 0 Å². The average Bonchev–Trinajstić information content (AvgIpc) is 3.06. The van der Waals surface area contributed by atoms with Gasteiger partial charge in [-0.2, -0.15) is 0 Å². The summed E-state index contributed by atoms with van der Waals surface area (Å²) in [6.07, 6.45) is 4.59. The normalized spacial score (nSPS) is 12.1. The van der Waals surface area contributed by atoms with Crippen LogP contribution in [0.15, 0.2) is 79.3 Å². The molecule has 4 rings (SSSR count). The van der Waals surface area contributed by atoms with E-state index in [9.17, 15) is 5.11 Å². The number of aryl methyl sites for hydroxylation is 1. The van der Waals surface area contributed by atoms with Gasteiger partial charge in [0.2, 0.25) is 0 Å². The molecule has 1 unspecified atom stereocenters. The Morgan fingerprint density at radius 1 is 0.893 bits per heavy atom. The van der Waals surface area contributed by atoms with Crippen LogP contribution >= 0.6 is 23.2 Å². The molecule has 2 aromatic carbocycles. The van der Waals surface area contributed by atoms with Crippen LogP contribution < -0.4 is 0 Å². The third kappa shape index (κ3) is 3.57. The van der Waals surface area contributed by atoms with Gasteiger partial charge < -0.3 is 9.67 Å². The van der Waals surface area contributed by atoms with Crippen molar-refractivity contribution in [3.8, 4) is 22.4 Å². The van der Waals surface area contributed by atoms with Gasteiger partial charge in [0.15, 0.2) is 0 Å². The molecular formula is C23H18Cl2N2O. The molecule has 5 heteroatoms. The van der Waals surface area contributed by atoms with Crippen LogP contribution in [0.2, 0.25) is 10.0 Å². The lowest BCUT2D eigenvalue weighted by molar-refractivity contribution is 0.221. The van der Waals surface area contributed by atoms with Crippen molar-refractivity contribution in [1.29, 1.82) is 0 Å². The summed E-state index contributed by atoms with van der Waals surface area (Å²) in [5.74, 6) is 0. The number of aromatic nitrogens is 2. The van der Waals surface area contributed by atoms with Gasteiger partial charge in [-0.1, -0.05) is 53.5 Å². The zero-order valence-corrected chi connectivity index (χ0v) is 16.7. The minimum Gasteiger partial charge on any atom is -0.383 e. The van der Waals surface area contributed by atoms with E-state index in [2.05, 4.69) is 4.98 Å². The largest absolute Gasteiger partial charge is 0.383 e. The van der Waals surface area contributed by atoms with Gasteiger partial charge in [0.05, 0.1) is 5.69 Å². The molecule has 4 aromatic rings. The summed E-state index contributed by atoms with van der Waals surface area (Å²) >= 11 is 12.1. The van der Waals surface area contributed by atoms with E-state index < -0.39 is 6.10 Å². The van der Waals surface area contributed by atoms with E-state index in [0.717, 1.165) is 33.5 Å². The Morgan fingerprint density at radius 3 is 2.07 bits per heavy atom. The molecule has 0 fully saturated rings. The smallest absolute Gasteiger partial charge is 0.108 e. The van der Waals surface area contributed by atoms with Gasteiger partial charge in [0.1, 0.15) is 6.10 Å². The molecule has 1 N–H and O–H groups in total. The second kappa shape index (κ2) is 7.80. The number of rotatable bonds is 4. The van der Waals surface area contributed by atoms with Crippen molar-refractivity contribution in [3.05, 3.63) is 100 Å². The molecule has 0 amide bonds. The molecule has 0 aliphatic carbocycles. The molecule has 2 heterocycles. The van der Waals surface area contributed by atoms with Crippen molar-refractivity contribution in [2.24, 2.45) is 7.05 Å². The van der Waals surface area contributed by atoms with Crippen molar-refractivity contribution >= 4 is 23.2 Å². The monoisotopic (exact) mass is 408 g/mol. The Labute approximate surface area is 173 Å². The molecule has 1 atom stereocenters. The number of hydrogen-bond donors (Lipinski definition) is 1. The Morgan fingerprint density at radius 2 is 1.50 bits per heavy atom. The predicted molar refractivity (Wildman–Crippen MR) is 115 cm³/mol. The minimum atomic E-state index is -0.828. The van der Waals surface area contributed by atoms with Crippen LogP contribution in [0.1, 0.15) is 17.2 Å². The van der Waals surface area contributed by atoms with Crippen LogP contribution in [0.3, 0.4) is 0 Å². The molecule has 140 valence electrons. The zero-order chi connectivity index (χ0) is 19.7. The summed E-state index contributed by atoms with van der Waals surface area (Å²) < 4.78 is 2.03. The number of pyridine rings is 1. The Kier molecular flexibility index (Phi) is 5.23. The quantitative estimate of drug-likeness (QED) is 0.440. The second-order valence-corrected chi connectivity index (χ2v) is 7.49. The topological polar surface area (TPSA) is 38.0 Å². The van der Waals surface area contributed by atoms with Crippen LogP contribution in [0.5, 0.6) is 0 Å². The summed E-state index contributed by atoms with van der Waals surface area (Å²) in [6.45, 7) is 0. The lowest BCUT2D eigenvalue weighted by atomic mass is 9.93. The number of aliphatic hydroxyl groups excluding tert-OH is 1. The van der Waals surface area contributed by atoms with E-state index in [-0.39, 0.29) is 0 Å². The van der Waals surface area contributed by atoms with Gasteiger partial charge in [0.25, 0.3) is 0 Å². The number of halogens is 2. The number of nitrogens with zero attached hydrogens (tertiary/aromatic N) is 2. The van der Waals surface area contributed by atoms with Crippen LogP contribution in [0, 0.1) is 0 Å². The molecular weight excluding hydrogens is 391 g/mol. The maximum Gasteiger partial charge on any atom is 0.108 e. The average molecular weight is 409 g/mol. The first-order chi connectivity index (χ1) is 13.5. The minimum absolute atomic E-state index is 0.672. The number of hydrogen-bond acceptors (Lipinski definition) is 2. The Balaban J connectivity index is 1.95. The fraction of sp³-hybridized carbons (Fsp3) is 0.0870. The second-order valence-electron chi connectivity index (χ2n) is 6.62. The molecule has 0 saturated carbocycles. The van der Waals surface area contributed by atoms with Crippen LogP contribution in [-0.2, 0) is 7.05 Å². The van der Waals surface area contributed by atoms with E-state index in [0.29, 0.717) is 10.0 Å². The lowest BCUT2D eigenvalue weighted by Crippen LogP contribution is -2.04. The lowest BCUT2D eigenvalue weighted by Gasteiger charge is -2.16. The summed E-state index contributed by atoms with van der Waals surface area (Å²) in [5, 5.41) is 12.6. The maximum absolute atomic E-state index is 11.3. The van der Waals surface area contributed by atoms with E-state index >= 15 is 0 Å². The summed E-state index contributed by atoms with van der Waals surface area (Å²) in [5.41, 5.74) is 5.39. The zero-order valence-electron chi connectivity index (χ0n) is 15.2. The highest BCUT2D eigenvalue weighted by molar-refractivity contribution is 6.30. The molecule has 0 saturated heterocycles. The highest BCUT2D eigenvalue weighted by Gasteiger charge is 2.24. The third-order valence-electron chi connectivity index (χ3n) is 4.77. The first kappa shape index (κ1) is 18.8. The standard InChI is InChI=1S/C23H18Cl2N2O/c1-27-14-20(15-4-8-18(24)9-5-15)21(23(28)17-3-2-12-26-13-17)22(27)16-6-10-19(25)11-7-16/h2-14,23,28H,1H3. The van der Waals surface area contributed by atoms with Crippen molar-refractivity contribution in [3.63, 3.8) is 0 Å². The number of benzene rings is 2. The third-order valence-corrected chi connectivity index (χ3v) is 5.27. The van der Waals surface area contributed by atoms with Gasteiger partial charge in [-0.15, -0.1) is 0 Å². The van der Waals surface area contributed by atoms with Gasteiger partial charge in [-0.3, -0.25) is 4.98 Å². The van der Waals surface area contributed by atoms with Crippen molar-refractivity contribution in [1.82, 2.24) is 9.55 Å². The number of aliphatic hydroxyl groups is 1. The maximum atomic E-state index is 11.3. The molecule has 28 heavy (non-hydrogen) atoms. The Hall–Kier alpha value is -2.59. The molecule has 0 aliphatic rings. The summed E-state index contributed by atoms with van der Waals surface area (Å²) in [4.78, 5) is 4.16. The fourth-order valence-electron chi connectivity index (χ4n) is 3.45. The molecule has 0 aliphatic heterocycles. The molecule has 3 nitrogen and oxygen atoms in total. The fourth-order valence-corrected chi connectivity index (χ4v) is 3.70. The molecule has 0 bridgehead atoms. The molecule has 2 aromatic heterocycles. The van der Waals surface area contributed by atoms with Gasteiger partial charge in [-0.05, 0) is 41.5 Å². The highest BCUT2D eigenvalue weighted by Crippen LogP contribution is 2.40. The van der Waals surface area contributed by atoms with Crippen LogP contribution in [0.25, 0.3) is 22.4 Å². The first-order valence-electron chi connectivity index (χ1n) is 8.83. The summed E-state index contributed by atoms with van der Waals surface area (Å²) in [6, 6.07) is 19.0. The van der Waals surface area contributed by atoms with E-state index in [4.69, 9.17) is 23.2 Å². The van der Waals surface area contributed by atoms with E-state index in [1.54, 1.807) is 12.4 Å². The first-order valence-corrected chi connectivity index (χ1v) is 9.59. The van der Waals surface area contributed by atoms with Crippen molar-refractivity contribution in [2.75, 3.05) is 0 Å². The van der Waals surface area contributed by atoms with Crippen molar-refractivity contribution in [2.45, 2.75) is 6.10 Å². The SMILES string of the molecule is Cn1cc(-c2ccc(Cl)cc2)c(C(O)c2cccnc2)c1-c1ccc(Cl)cc1. The van der Waals surface area contributed by atoms with Crippen LogP contribution in [0.4, 0.5) is 0 Å². The van der Waals surface area contributed by atoms with Crippen molar-refractivity contribution < 1.29 is 5.11 Å².